The Morgan fingerprint density at radius 3 is 1.63 bits per heavy atom. The van der Waals surface area contributed by atoms with Crippen molar-refractivity contribution in [2.24, 2.45) is 5.92 Å². The number of benzene rings is 1. The number of aliphatic hydroxyl groups excluding tert-OH is 3. The predicted molar refractivity (Wildman–Crippen MR) is 322 cm³/mol. The van der Waals surface area contributed by atoms with E-state index in [1.54, 1.807) is 48.7 Å². The number of hydrogen-bond donors (Lipinski definition) is 7. The van der Waals surface area contributed by atoms with Crippen LogP contribution in [0.5, 0.6) is 5.75 Å². The molecule has 12 rings (SSSR count). The third kappa shape index (κ3) is 12.9. The monoisotopic (exact) mass is 1290 g/mol. The fraction of sp³-hybridized carbons (Fsp3) is 0.600. The highest BCUT2D eigenvalue weighted by Crippen LogP contribution is 2.50. The zero-order valence-electron chi connectivity index (χ0n) is 50.6. The Kier molecular flexibility index (Phi) is 18.3. The molecule has 5 aliphatic rings. The first-order chi connectivity index (χ1) is 42.0. The number of nitrogen functional groups attached to an aromatic ring is 3. The number of nitrogens with two attached hydrogens (primary N) is 3. The van der Waals surface area contributed by atoms with Gasteiger partial charge in [0.1, 0.15) is 41.7 Å². The van der Waals surface area contributed by atoms with Gasteiger partial charge in [0, 0.05) is 33.5 Å². The number of alkyl halides is 3. The average Bonchev–Trinajstić information content (AvgIpc) is 1.73. The first-order valence-corrected chi connectivity index (χ1v) is 31.0. The van der Waals surface area contributed by atoms with Crippen molar-refractivity contribution in [2.45, 2.75) is 178 Å². The number of imidazole rings is 3. The summed E-state index contributed by atoms with van der Waals surface area (Å²) in [6.45, 7) is 11.5. The maximum Gasteiger partial charge on any atom is 0.459 e. The number of para-hydroxylation sites is 1. The van der Waals surface area contributed by atoms with E-state index in [4.69, 9.17) is 56.8 Å². The van der Waals surface area contributed by atoms with Crippen molar-refractivity contribution in [1.29, 1.82) is 0 Å². The number of anilines is 5. The minimum atomic E-state index is -4.29. The SMILES string of the molecule is CC(C)OC(=O)[C@H](C)NP(=O)(OC[C@H]1O[C@@H](n2cnc3c(N(C)C4CC4)nc(N)nc32)[C@](C)(F)[C@@H]1O)Oc1ccccc1.CC[C@H]1O[C@@H](n2cnc3c(Cl)nc(N)nc32)[C@](C)(F)[C@@H]1C.CN(c1nc(N)nc2c1ncn2[C@@H]1O[C@H](CO)[C@@H](O)[C@@]1(C)F)C1CC1.[HH]. The van der Waals surface area contributed by atoms with Gasteiger partial charge in [0.05, 0.1) is 44.4 Å². The molecule has 3 saturated heterocycles. The largest absolute Gasteiger partial charge is 0.462 e. The summed E-state index contributed by atoms with van der Waals surface area (Å²) in [5, 5.41) is 33.1. The lowest BCUT2D eigenvalue weighted by Crippen LogP contribution is -2.41. The summed E-state index contributed by atoms with van der Waals surface area (Å²) in [7, 11) is -0.494. The van der Waals surface area contributed by atoms with Crippen molar-refractivity contribution in [2.75, 3.05) is 54.3 Å². The van der Waals surface area contributed by atoms with E-state index < -0.39 is 99.2 Å². The molecule has 6 aromatic heterocycles. The third-order valence-corrected chi connectivity index (χ3v) is 18.4. The fourth-order valence-electron chi connectivity index (χ4n) is 11.0. The van der Waals surface area contributed by atoms with Crippen LogP contribution < -0.4 is 36.6 Å². The van der Waals surface area contributed by atoms with Crippen molar-refractivity contribution >= 4 is 88.3 Å². The second-order valence-electron chi connectivity index (χ2n) is 23.7. The van der Waals surface area contributed by atoms with Crippen molar-refractivity contribution in [3.05, 3.63) is 54.5 Å². The van der Waals surface area contributed by atoms with Crippen LogP contribution in [-0.4, -0.2) is 179 Å². The topological polar surface area (TPSA) is 378 Å². The van der Waals surface area contributed by atoms with Gasteiger partial charge in [-0.05, 0) is 85.8 Å². The van der Waals surface area contributed by atoms with Crippen LogP contribution in [-0.2, 0) is 32.8 Å². The molecule has 10 N–H and O–H groups in total. The highest BCUT2D eigenvalue weighted by molar-refractivity contribution is 7.52. The first kappa shape index (κ1) is 65.1. The number of carbonyl (C=O) groups is 1. The summed E-state index contributed by atoms with van der Waals surface area (Å²) in [6, 6.07) is 7.78. The number of aromatic nitrogens is 12. The molecule has 34 heteroatoms. The van der Waals surface area contributed by atoms with E-state index in [2.05, 4.69) is 49.9 Å². The highest BCUT2D eigenvalue weighted by atomic mass is 35.5. The molecule has 1 aromatic carbocycles. The second-order valence-corrected chi connectivity index (χ2v) is 25.7. The van der Waals surface area contributed by atoms with Gasteiger partial charge in [-0.1, -0.05) is 43.6 Å². The van der Waals surface area contributed by atoms with E-state index in [1.165, 1.54) is 55.8 Å². The van der Waals surface area contributed by atoms with Crippen molar-refractivity contribution in [3.63, 3.8) is 0 Å². The number of ether oxygens (including phenoxy) is 4. The molecule has 7 aromatic rings. The van der Waals surface area contributed by atoms with E-state index in [9.17, 15) is 24.7 Å². The van der Waals surface area contributed by atoms with Gasteiger partial charge < -0.3 is 65.8 Å². The van der Waals surface area contributed by atoms with Gasteiger partial charge >= 0.3 is 13.7 Å². The van der Waals surface area contributed by atoms with Crippen molar-refractivity contribution in [1.82, 2.24) is 63.6 Å². The van der Waals surface area contributed by atoms with Crippen LogP contribution in [0.3, 0.4) is 0 Å². The molecule has 486 valence electrons. The van der Waals surface area contributed by atoms with Crippen LogP contribution in [0.25, 0.3) is 33.5 Å². The smallest absolute Gasteiger partial charge is 0.459 e. The molecule has 3 aliphatic heterocycles. The number of nitrogens with zero attached hydrogens (tertiary/aromatic N) is 14. The molecule has 14 atom stereocenters. The molecule has 2 saturated carbocycles. The van der Waals surface area contributed by atoms with Crippen LogP contribution >= 0.6 is 19.3 Å². The maximum atomic E-state index is 16.2. The standard InChI is InChI=1S/C27H37FN7O7P.C15H21FN6O3.C13H17ClFN5O.H2/c1-15(2)40-24(37)16(3)33-43(38,42-18-9-7-6-8-10-18)39-13-19-21(36)27(4,28)25(41-19)35-14-30-20-22(34(5)17-11-12-17)31-26(29)32-23(20)35;1-15(16)10(24)8(5-23)25-13(15)22-6-18-9-11(21(2)7-3-4-7)19-14(17)20-12(9)22;1-4-7-6(2)13(3,15)11(21-7)20-5-17-8-9(14)18-12(16)19-10(8)20;/h6-10,14-17,19,21,25,36H,11-13H2,1-5H3,(H,33,38)(H2,29,31,32);6-8,10,13,23-24H,3-5H2,1-2H3,(H2,17,19,20);5-7,11H,4H2,1-3H3,(H2,16,18,19);1H/t16-,19+,21+,25+,27+,43?;8-,10-,13-,15-;6-,7-,11-,13-;/m011./s1. The van der Waals surface area contributed by atoms with Crippen molar-refractivity contribution in [3.8, 4) is 5.75 Å². The van der Waals surface area contributed by atoms with Crippen LogP contribution in [0.1, 0.15) is 108 Å². The third-order valence-electron chi connectivity index (χ3n) is 16.5. The molecular formula is C55H77ClF3N18O11P. The normalized spacial score (nSPS) is 29.4. The van der Waals surface area contributed by atoms with Gasteiger partial charge in [-0.25, -0.2) is 32.7 Å². The molecule has 0 spiro atoms. The molecule has 9 heterocycles. The quantitative estimate of drug-likeness (QED) is 0.0290. The lowest BCUT2D eigenvalue weighted by molar-refractivity contribution is -0.149. The molecule has 2 aliphatic carbocycles. The number of nitrogens with one attached hydrogen (secondary N) is 1. The van der Waals surface area contributed by atoms with Crippen LogP contribution in [0.2, 0.25) is 5.15 Å². The Morgan fingerprint density at radius 1 is 0.742 bits per heavy atom. The number of halogens is 4. The van der Waals surface area contributed by atoms with Gasteiger partial charge in [0.2, 0.25) is 17.8 Å². The molecule has 0 bridgehead atoms. The van der Waals surface area contributed by atoms with Crippen LogP contribution in [0.15, 0.2) is 49.3 Å². The second kappa shape index (κ2) is 25.1. The Hall–Kier alpha value is -6.87. The summed E-state index contributed by atoms with van der Waals surface area (Å²) < 4.78 is 98.3. The number of rotatable bonds is 18. The molecule has 1 unspecified atom stereocenters. The summed E-state index contributed by atoms with van der Waals surface area (Å²) in [6.07, 6.45) is -0.316. The summed E-state index contributed by atoms with van der Waals surface area (Å²) in [5.74, 6) is 0.425. The van der Waals surface area contributed by atoms with Gasteiger partial charge in [0.15, 0.2) is 80.5 Å². The zero-order valence-corrected chi connectivity index (χ0v) is 52.3. The predicted octanol–water partition coefficient (Wildman–Crippen LogP) is 6.09. The molecule has 0 amide bonds. The van der Waals surface area contributed by atoms with E-state index in [0.717, 1.165) is 32.1 Å². The lowest BCUT2D eigenvalue weighted by Gasteiger charge is -2.25. The van der Waals surface area contributed by atoms with E-state index in [1.807, 2.05) is 37.7 Å². The summed E-state index contributed by atoms with van der Waals surface area (Å²) >= 11 is 6.00. The van der Waals surface area contributed by atoms with Gasteiger partial charge in [0.25, 0.3) is 0 Å². The summed E-state index contributed by atoms with van der Waals surface area (Å²) in [5.41, 5.74) is 13.7. The van der Waals surface area contributed by atoms with E-state index >= 15 is 13.2 Å². The van der Waals surface area contributed by atoms with Crippen LogP contribution in [0.4, 0.5) is 42.7 Å². The molecule has 5 fully saturated rings. The van der Waals surface area contributed by atoms with Crippen LogP contribution in [0, 0.1) is 5.92 Å². The molecule has 89 heavy (non-hydrogen) atoms. The van der Waals surface area contributed by atoms with Gasteiger partial charge in [-0.15, -0.1) is 0 Å². The number of aliphatic hydroxyl groups is 3. The lowest BCUT2D eigenvalue weighted by atomic mass is 9.88. The van der Waals surface area contributed by atoms with E-state index in [0.29, 0.717) is 51.6 Å². The molecule has 0 radical (unpaired) electrons. The number of esters is 1. The minimum Gasteiger partial charge on any atom is -0.462 e. The average molecular weight is 1290 g/mol. The molecule has 29 nitrogen and oxygen atoms in total. The van der Waals surface area contributed by atoms with Gasteiger partial charge in [-0.2, -0.15) is 35.0 Å². The summed E-state index contributed by atoms with van der Waals surface area (Å²) in [4.78, 5) is 54.3. The Morgan fingerprint density at radius 2 is 1.18 bits per heavy atom. The zero-order chi connectivity index (χ0) is 64.4. The van der Waals surface area contributed by atoms with Gasteiger partial charge in [-0.3, -0.25) is 23.0 Å². The fourth-order valence-corrected chi connectivity index (χ4v) is 12.7. The highest BCUT2D eigenvalue weighted by Gasteiger charge is 2.58. The maximum absolute atomic E-state index is 16.2. The van der Waals surface area contributed by atoms with E-state index in [-0.39, 0.29) is 47.8 Å². The number of carbonyl (C=O) groups excluding carboxylic acids is 1. The number of hydrogen-bond acceptors (Lipinski definition) is 25. The van der Waals surface area contributed by atoms with Crippen molar-refractivity contribution < 1.29 is 67.3 Å². The Bertz CT molecular complexity index is 3740. The first-order valence-electron chi connectivity index (χ1n) is 29.1. The minimum absolute atomic E-state index is 0. The Labute approximate surface area is 515 Å². The number of fused-ring (bicyclic) bond motifs is 3. The Balaban J connectivity index is 0.000000173. The molecular weight excluding hydrogens is 1210 g/mol.